The second kappa shape index (κ2) is 4.69. The fraction of sp³-hybridized carbons (Fsp3) is 0.556. The maximum atomic E-state index is 11.4. The summed E-state index contributed by atoms with van der Waals surface area (Å²) in [5.74, 6) is -0.678. The fourth-order valence-corrected chi connectivity index (χ4v) is 4.27. The molecule has 1 saturated heterocycles. The van der Waals surface area contributed by atoms with E-state index in [1.807, 2.05) is 0 Å². The standard InChI is InChI=1S/C9H12N2O4S2/c12-8(13)5-16-9-10-2-3-11(9)7-1-4-17(14,15)6-7/h2-3,7H,1,4-6H2,(H,12,13). The molecule has 1 aliphatic heterocycles. The molecular weight excluding hydrogens is 264 g/mol. The lowest BCUT2D eigenvalue weighted by Crippen LogP contribution is -2.12. The Morgan fingerprint density at radius 1 is 1.65 bits per heavy atom. The third-order valence-corrected chi connectivity index (χ3v) is 5.28. The highest BCUT2D eigenvalue weighted by Crippen LogP contribution is 2.28. The van der Waals surface area contributed by atoms with Gasteiger partial charge in [-0.05, 0) is 6.42 Å². The minimum absolute atomic E-state index is 0.0729. The van der Waals surface area contributed by atoms with Crippen molar-refractivity contribution >= 4 is 27.6 Å². The molecule has 17 heavy (non-hydrogen) atoms. The Balaban J connectivity index is 2.12. The lowest BCUT2D eigenvalue weighted by Gasteiger charge is -2.12. The average molecular weight is 276 g/mol. The molecule has 0 aliphatic carbocycles. The number of hydrogen-bond donors (Lipinski definition) is 1. The number of carboxylic acids is 1. The Bertz CT molecular complexity index is 523. The smallest absolute Gasteiger partial charge is 0.313 e. The minimum Gasteiger partial charge on any atom is -0.481 e. The Morgan fingerprint density at radius 3 is 3.00 bits per heavy atom. The van der Waals surface area contributed by atoms with Crippen LogP contribution < -0.4 is 0 Å². The number of sulfone groups is 1. The molecule has 6 nitrogen and oxygen atoms in total. The fourth-order valence-electron chi connectivity index (χ4n) is 1.81. The third kappa shape index (κ3) is 3.01. The van der Waals surface area contributed by atoms with E-state index in [0.29, 0.717) is 11.6 Å². The first-order valence-corrected chi connectivity index (χ1v) is 7.86. The molecule has 0 amide bonds. The van der Waals surface area contributed by atoms with Gasteiger partial charge in [0.2, 0.25) is 0 Å². The highest BCUT2D eigenvalue weighted by molar-refractivity contribution is 7.99. The van der Waals surface area contributed by atoms with Gasteiger partial charge in [-0.15, -0.1) is 0 Å². The number of carbonyl (C=O) groups is 1. The number of hydrogen-bond acceptors (Lipinski definition) is 5. The first-order valence-electron chi connectivity index (χ1n) is 5.06. The Labute approximate surface area is 103 Å². The zero-order valence-corrected chi connectivity index (χ0v) is 10.6. The van der Waals surface area contributed by atoms with Gasteiger partial charge in [0.15, 0.2) is 15.0 Å². The summed E-state index contributed by atoms with van der Waals surface area (Å²) in [6.07, 6.45) is 3.84. The van der Waals surface area contributed by atoms with Crippen LogP contribution in [0.2, 0.25) is 0 Å². The third-order valence-electron chi connectivity index (χ3n) is 2.56. The van der Waals surface area contributed by atoms with E-state index in [2.05, 4.69) is 4.98 Å². The predicted octanol–water partition coefficient (Wildman–Crippen LogP) is 0.419. The second-order valence-electron chi connectivity index (χ2n) is 3.86. The van der Waals surface area contributed by atoms with Gasteiger partial charge in [-0.1, -0.05) is 11.8 Å². The van der Waals surface area contributed by atoms with Crippen LogP contribution in [0, 0.1) is 0 Å². The van der Waals surface area contributed by atoms with Crippen molar-refractivity contribution in [2.24, 2.45) is 0 Å². The highest BCUT2D eigenvalue weighted by atomic mass is 32.2. The van der Waals surface area contributed by atoms with E-state index >= 15 is 0 Å². The monoisotopic (exact) mass is 276 g/mol. The summed E-state index contributed by atoms with van der Waals surface area (Å²) in [7, 11) is -2.94. The molecule has 2 rings (SSSR count). The summed E-state index contributed by atoms with van der Waals surface area (Å²) in [5, 5.41) is 9.16. The normalized spacial score (nSPS) is 22.7. The van der Waals surface area contributed by atoms with Crippen molar-refractivity contribution in [2.45, 2.75) is 17.6 Å². The number of aromatic nitrogens is 2. The largest absolute Gasteiger partial charge is 0.481 e. The lowest BCUT2D eigenvalue weighted by atomic mass is 10.3. The van der Waals surface area contributed by atoms with Crippen LogP contribution >= 0.6 is 11.8 Å². The lowest BCUT2D eigenvalue weighted by molar-refractivity contribution is -0.133. The number of nitrogens with zero attached hydrogens (tertiary/aromatic N) is 2. The van der Waals surface area contributed by atoms with E-state index in [1.54, 1.807) is 17.0 Å². The molecule has 8 heteroatoms. The van der Waals surface area contributed by atoms with Crippen molar-refractivity contribution < 1.29 is 18.3 Å². The molecule has 0 saturated carbocycles. The predicted molar refractivity (Wildman–Crippen MR) is 62.9 cm³/mol. The van der Waals surface area contributed by atoms with Crippen LogP contribution in [0.4, 0.5) is 0 Å². The van der Waals surface area contributed by atoms with Crippen LogP contribution in [0.15, 0.2) is 17.6 Å². The molecule has 1 unspecified atom stereocenters. The molecular formula is C9H12N2O4S2. The molecule has 1 fully saturated rings. The van der Waals surface area contributed by atoms with Gasteiger partial charge in [-0.2, -0.15) is 0 Å². The van der Waals surface area contributed by atoms with Crippen LogP contribution in [0.5, 0.6) is 0 Å². The Kier molecular flexibility index (Phi) is 3.43. The molecule has 1 aromatic rings. The van der Waals surface area contributed by atoms with E-state index in [9.17, 15) is 13.2 Å². The van der Waals surface area contributed by atoms with Crippen molar-refractivity contribution in [3.8, 4) is 0 Å². The molecule has 0 spiro atoms. The molecule has 94 valence electrons. The number of imidazole rings is 1. The molecule has 1 N–H and O–H groups in total. The number of carboxylic acid groups (broad SMARTS) is 1. The van der Waals surface area contributed by atoms with Gasteiger partial charge in [-0.3, -0.25) is 4.79 Å². The van der Waals surface area contributed by atoms with E-state index in [0.717, 1.165) is 11.8 Å². The molecule has 0 aromatic carbocycles. The van der Waals surface area contributed by atoms with Crippen LogP contribution in [-0.4, -0.2) is 46.3 Å². The van der Waals surface area contributed by atoms with E-state index < -0.39 is 15.8 Å². The highest BCUT2D eigenvalue weighted by Gasteiger charge is 2.30. The number of rotatable bonds is 4. The van der Waals surface area contributed by atoms with Crippen LogP contribution in [0.25, 0.3) is 0 Å². The van der Waals surface area contributed by atoms with Gasteiger partial charge in [0, 0.05) is 12.4 Å². The molecule has 1 aliphatic rings. The van der Waals surface area contributed by atoms with Gasteiger partial charge in [0.25, 0.3) is 0 Å². The molecule has 2 heterocycles. The maximum Gasteiger partial charge on any atom is 0.313 e. The summed E-state index contributed by atoms with van der Waals surface area (Å²) in [6, 6.07) is -0.112. The molecule has 0 bridgehead atoms. The summed E-state index contributed by atoms with van der Waals surface area (Å²) in [6.45, 7) is 0. The van der Waals surface area contributed by atoms with E-state index in [-0.39, 0.29) is 23.3 Å². The zero-order chi connectivity index (χ0) is 12.5. The van der Waals surface area contributed by atoms with Gasteiger partial charge < -0.3 is 9.67 Å². The van der Waals surface area contributed by atoms with Crippen molar-refractivity contribution in [1.82, 2.24) is 9.55 Å². The molecule has 1 atom stereocenters. The summed E-state index contributed by atoms with van der Waals surface area (Å²) in [4.78, 5) is 14.5. The van der Waals surface area contributed by atoms with E-state index in [4.69, 9.17) is 5.11 Å². The van der Waals surface area contributed by atoms with Crippen molar-refractivity contribution in [3.63, 3.8) is 0 Å². The van der Waals surface area contributed by atoms with Gasteiger partial charge in [0.05, 0.1) is 23.3 Å². The van der Waals surface area contributed by atoms with Crippen LogP contribution in [-0.2, 0) is 14.6 Å². The Hall–Kier alpha value is -1.02. The van der Waals surface area contributed by atoms with E-state index in [1.165, 1.54) is 0 Å². The minimum atomic E-state index is -2.94. The van der Waals surface area contributed by atoms with Gasteiger partial charge >= 0.3 is 5.97 Å². The maximum absolute atomic E-state index is 11.4. The first-order chi connectivity index (χ1) is 7.98. The van der Waals surface area contributed by atoms with Crippen molar-refractivity contribution in [2.75, 3.05) is 17.3 Å². The zero-order valence-electron chi connectivity index (χ0n) is 8.94. The van der Waals surface area contributed by atoms with Crippen molar-refractivity contribution in [1.29, 1.82) is 0 Å². The number of aliphatic carboxylic acids is 1. The molecule has 0 radical (unpaired) electrons. The summed E-state index contributed by atoms with van der Waals surface area (Å²) >= 11 is 1.11. The van der Waals surface area contributed by atoms with Crippen LogP contribution in [0.3, 0.4) is 0 Å². The summed E-state index contributed by atoms with van der Waals surface area (Å²) < 4.78 is 24.5. The van der Waals surface area contributed by atoms with Gasteiger partial charge in [-0.25, -0.2) is 13.4 Å². The Morgan fingerprint density at radius 2 is 2.41 bits per heavy atom. The second-order valence-corrected chi connectivity index (χ2v) is 7.03. The average Bonchev–Trinajstić information content (AvgIpc) is 2.80. The first kappa shape index (κ1) is 12.4. The SMILES string of the molecule is O=C(O)CSc1nccn1C1CCS(=O)(=O)C1. The van der Waals surface area contributed by atoms with Crippen LogP contribution in [0.1, 0.15) is 12.5 Å². The van der Waals surface area contributed by atoms with Crippen molar-refractivity contribution in [3.05, 3.63) is 12.4 Å². The summed E-state index contributed by atoms with van der Waals surface area (Å²) in [5.41, 5.74) is 0. The van der Waals surface area contributed by atoms with Gasteiger partial charge in [0.1, 0.15) is 0 Å². The molecule has 1 aromatic heterocycles. The topological polar surface area (TPSA) is 89.3 Å². The quantitative estimate of drug-likeness (QED) is 0.802. The number of thioether (sulfide) groups is 1.